The highest BCUT2D eigenvalue weighted by Gasteiger charge is 2.33. The Morgan fingerprint density at radius 3 is 2.86 bits per heavy atom. The third-order valence-corrected chi connectivity index (χ3v) is 4.79. The molecule has 2 N–H and O–H groups in total. The molecule has 0 saturated heterocycles. The summed E-state index contributed by atoms with van der Waals surface area (Å²) in [5.74, 6) is 0.885. The van der Waals surface area contributed by atoms with Crippen molar-refractivity contribution < 1.29 is 9.53 Å². The van der Waals surface area contributed by atoms with E-state index in [1.807, 2.05) is 37.3 Å². The number of hydrogen-bond acceptors (Lipinski definition) is 5. The summed E-state index contributed by atoms with van der Waals surface area (Å²) in [6, 6.07) is 14.2. The molecular formula is C20H18ClN5O2. The van der Waals surface area contributed by atoms with E-state index in [0.717, 1.165) is 5.56 Å². The van der Waals surface area contributed by atoms with Crippen molar-refractivity contribution in [1.82, 2.24) is 14.8 Å². The van der Waals surface area contributed by atoms with E-state index in [1.165, 1.54) is 6.33 Å². The summed E-state index contributed by atoms with van der Waals surface area (Å²) in [5, 5.41) is 11.0. The van der Waals surface area contributed by atoms with Gasteiger partial charge < -0.3 is 15.4 Å². The SMILES string of the molecule is COc1ccccc1NC(=O)C1=C(C)Nc2ncnn2[C@H]1c1cccc(Cl)c1. The minimum atomic E-state index is -0.466. The van der Waals surface area contributed by atoms with Crippen LogP contribution in [-0.2, 0) is 4.79 Å². The van der Waals surface area contributed by atoms with Gasteiger partial charge in [0.25, 0.3) is 5.91 Å². The summed E-state index contributed by atoms with van der Waals surface area (Å²) in [7, 11) is 1.56. The Kier molecular flexibility index (Phi) is 4.75. The molecule has 1 aliphatic heterocycles. The number of methoxy groups -OCH3 is 1. The van der Waals surface area contributed by atoms with Crippen LogP contribution in [0, 0.1) is 0 Å². The largest absolute Gasteiger partial charge is 0.495 e. The van der Waals surface area contributed by atoms with E-state index >= 15 is 0 Å². The molecule has 2 aromatic carbocycles. The highest BCUT2D eigenvalue weighted by Crippen LogP contribution is 2.36. The number of nitrogens with one attached hydrogen (secondary N) is 2. The number of carbonyl (C=O) groups is 1. The van der Waals surface area contributed by atoms with Crippen LogP contribution in [0.3, 0.4) is 0 Å². The Bertz CT molecular complexity index is 1080. The maximum atomic E-state index is 13.3. The van der Waals surface area contributed by atoms with Gasteiger partial charge in [0.1, 0.15) is 18.1 Å². The average molecular weight is 396 g/mol. The lowest BCUT2D eigenvalue weighted by molar-refractivity contribution is -0.113. The van der Waals surface area contributed by atoms with Gasteiger partial charge in [0, 0.05) is 10.7 Å². The maximum absolute atomic E-state index is 13.3. The lowest BCUT2D eigenvalue weighted by Gasteiger charge is -2.29. The summed E-state index contributed by atoms with van der Waals surface area (Å²) in [6.45, 7) is 1.84. The number of benzene rings is 2. The summed E-state index contributed by atoms with van der Waals surface area (Å²) in [5.41, 5.74) is 2.64. The number of nitrogens with zero attached hydrogens (tertiary/aromatic N) is 3. The van der Waals surface area contributed by atoms with Gasteiger partial charge in [-0.25, -0.2) is 4.68 Å². The molecule has 0 unspecified atom stereocenters. The first-order valence-electron chi connectivity index (χ1n) is 8.65. The number of aromatic nitrogens is 3. The molecule has 4 rings (SSSR count). The van der Waals surface area contributed by atoms with E-state index in [0.29, 0.717) is 33.7 Å². The fourth-order valence-corrected chi connectivity index (χ4v) is 3.51. The second kappa shape index (κ2) is 7.36. The standard InChI is InChI=1S/C20H18ClN5O2/c1-12-17(19(27)25-15-8-3-4-9-16(15)28-2)18(13-6-5-7-14(21)10-13)26-20(24-12)22-11-23-26/h3-11,18H,1-2H3,(H,25,27)(H,22,23,24)/t18-/m0/s1. The number of carbonyl (C=O) groups excluding carboxylic acids is 1. The molecule has 0 spiro atoms. The number of para-hydroxylation sites is 2. The summed E-state index contributed by atoms with van der Waals surface area (Å²) < 4.78 is 7.02. The van der Waals surface area contributed by atoms with E-state index in [9.17, 15) is 4.79 Å². The van der Waals surface area contributed by atoms with Crippen molar-refractivity contribution in [3.63, 3.8) is 0 Å². The van der Waals surface area contributed by atoms with Gasteiger partial charge in [-0.2, -0.15) is 10.1 Å². The second-order valence-electron chi connectivity index (χ2n) is 6.30. The lowest BCUT2D eigenvalue weighted by Crippen LogP contribution is -2.31. The van der Waals surface area contributed by atoms with Crippen LogP contribution in [0.2, 0.25) is 5.02 Å². The van der Waals surface area contributed by atoms with Crippen LogP contribution in [0.15, 0.2) is 66.1 Å². The molecule has 1 aliphatic rings. The molecule has 1 atom stereocenters. The molecule has 3 aromatic rings. The van der Waals surface area contributed by atoms with Crippen molar-refractivity contribution in [3.05, 3.63) is 76.7 Å². The van der Waals surface area contributed by atoms with Gasteiger partial charge >= 0.3 is 0 Å². The smallest absolute Gasteiger partial charge is 0.255 e. The molecule has 0 fully saturated rings. The Balaban J connectivity index is 1.77. The monoisotopic (exact) mass is 395 g/mol. The topological polar surface area (TPSA) is 81.1 Å². The number of halogens is 1. The van der Waals surface area contributed by atoms with E-state index in [2.05, 4.69) is 20.7 Å². The normalized spacial score (nSPS) is 15.6. The summed E-state index contributed by atoms with van der Waals surface area (Å²) in [4.78, 5) is 17.5. The van der Waals surface area contributed by atoms with Gasteiger partial charge in [-0.3, -0.25) is 4.79 Å². The number of hydrogen-bond donors (Lipinski definition) is 2. The number of amides is 1. The minimum absolute atomic E-state index is 0.263. The molecule has 2 heterocycles. The molecule has 0 saturated carbocycles. The molecule has 0 radical (unpaired) electrons. The fraction of sp³-hybridized carbons (Fsp3) is 0.150. The van der Waals surface area contributed by atoms with E-state index in [4.69, 9.17) is 16.3 Å². The molecule has 8 heteroatoms. The van der Waals surface area contributed by atoms with Crippen LogP contribution >= 0.6 is 11.6 Å². The highest BCUT2D eigenvalue weighted by atomic mass is 35.5. The van der Waals surface area contributed by atoms with Crippen LogP contribution in [-0.4, -0.2) is 27.8 Å². The second-order valence-corrected chi connectivity index (χ2v) is 6.74. The van der Waals surface area contributed by atoms with Crippen LogP contribution < -0.4 is 15.4 Å². The number of fused-ring (bicyclic) bond motifs is 1. The first-order valence-corrected chi connectivity index (χ1v) is 9.03. The molecule has 142 valence electrons. The molecule has 28 heavy (non-hydrogen) atoms. The third kappa shape index (κ3) is 3.20. The molecule has 1 amide bonds. The zero-order valence-corrected chi connectivity index (χ0v) is 16.1. The Hall–Kier alpha value is -3.32. The van der Waals surface area contributed by atoms with E-state index < -0.39 is 6.04 Å². The van der Waals surface area contributed by atoms with Crippen molar-refractivity contribution in [2.45, 2.75) is 13.0 Å². The van der Waals surface area contributed by atoms with Gasteiger partial charge in [-0.05, 0) is 36.8 Å². The Morgan fingerprint density at radius 1 is 1.25 bits per heavy atom. The zero-order valence-electron chi connectivity index (χ0n) is 15.3. The fourth-order valence-electron chi connectivity index (χ4n) is 3.31. The quantitative estimate of drug-likeness (QED) is 0.700. The Labute approximate surface area is 167 Å². The van der Waals surface area contributed by atoms with Crippen LogP contribution in [0.1, 0.15) is 18.5 Å². The number of anilines is 2. The van der Waals surface area contributed by atoms with Gasteiger partial charge in [0.15, 0.2) is 0 Å². The predicted molar refractivity (Wildman–Crippen MR) is 108 cm³/mol. The van der Waals surface area contributed by atoms with Gasteiger partial charge in [-0.1, -0.05) is 35.9 Å². The summed E-state index contributed by atoms with van der Waals surface area (Å²) >= 11 is 6.20. The van der Waals surface area contributed by atoms with Crippen LogP contribution in [0.5, 0.6) is 5.75 Å². The van der Waals surface area contributed by atoms with Crippen molar-refractivity contribution in [3.8, 4) is 5.75 Å². The molecule has 1 aromatic heterocycles. The van der Waals surface area contributed by atoms with E-state index in [1.54, 1.807) is 30.0 Å². The third-order valence-electron chi connectivity index (χ3n) is 4.56. The van der Waals surface area contributed by atoms with Gasteiger partial charge in [-0.15, -0.1) is 0 Å². The van der Waals surface area contributed by atoms with Crippen molar-refractivity contribution in [2.24, 2.45) is 0 Å². The van der Waals surface area contributed by atoms with E-state index in [-0.39, 0.29) is 5.91 Å². The maximum Gasteiger partial charge on any atom is 0.255 e. The molecule has 0 bridgehead atoms. The first kappa shape index (κ1) is 18.1. The highest BCUT2D eigenvalue weighted by molar-refractivity contribution is 6.30. The van der Waals surface area contributed by atoms with Crippen LogP contribution in [0.4, 0.5) is 11.6 Å². The van der Waals surface area contributed by atoms with Gasteiger partial charge in [0.05, 0.1) is 18.4 Å². The minimum Gasteiger partial charge on any atom is -0.495 e. The Morgan fingerprint density at radius 2 is 2.07 bits per heavy atom. The van der Waals surface area contributed by atoms with Crippen molar-refractivity contribution >= 4 is 29.1 Å². The number of rotatable bonds is 4. The average Bonchev–Trinajstić information content (AvgIpc) is 3.15. The van der Waals surface area contributed by atoms with Crippen molar-refractivity contribution in [2.75, 3.05) is 17.7 Å². The first-order chi connectivity index (χ1) is 13.6. The molecular weight excluding hydrogens is 378 g/mol. The van der Waals surface area contributed by atoms with Crippen molar-refractivity contribution in [1.29, 1.82) is 0 Å². The van der Waals surface area contributed by atoms with Gasteiger partial charge in [0.2, 0.25) is 5.95 Å². The number of ether oxygens (including phenoxy) is 1. The van der Waals surface area contributed by atoms with Crippen LogP contribution in [0.25, 0.3) is 0 Å². The summed E-state index contributed by atoms with van der Waals surface area (Å²) in [6.07, 6.45) is 1.45. The zero-order chi connectivity index (χ0) is 19.7. The molecule has 0 aliphatic carbocycles. The number of allylic oxidation sites excluding steroid dienone is 1. The molecule has 7 nitrogen and oxygen atoms in total. The predicted octanol–water partition coefficient (Wildman–Crippen LogP) is 3.87. The lowest BCUT2D eigenvalue weighted by atomic mass is 9.95.